The minimum Gasteiger partial charge on any atom is -0.345 e. The van der Waals surface area contributed by atoms with Crippen molar-refractivity contribution in [3.63, 3.8) is 0 Å². The molecule has 3 aromatic carbocycles. The first-order valence-electron chi connectivity index (χ1n) is 9.11. The van der Waals surface area contributed by atoms with Gasteiger partial charge in [-0.1, -0.05) is 84.4 Å². The molecule has 1 amide bonds. The SMILES string of the molecule is C[C@@H](NC(=O)C[NH2+]C(c1ccccc1)c1ccccc1)c1ccc(Cl)cc1. The number of halogens is 1. The van der Waals surface area contributed by atoms with Crippen molar-refractivity contribution in [1.82, 2.24) is 5.32 Å². The van der Waals surface area contributed by atoms with Crippen LogP contribution in [0.4, 0.5) is 0 Å². The quantitative estimate of drug-likeness (QED) is 0.643. The number of quaternary nitrogens is 1. The molecule has 0 fully saturated rings. The highest BCUT2D eigenvalue weighted by molar-refractivity contribution is 6.30. The van der Waals surface area contributed by atoms with Crippen molar-refractivity contribution < 1.29 is 10.1 Å². The highest BCUT2D eigenvalue weighted by Gasteiger charge is 2.19. The number of benzene rings is 3. The fourth-order valence-corrected chi connectivity index (χ4v) is 3.27. The number of amides is 1. The summed E-state index contributed by atoms with van der Waals surface area (Å²) in [4.78, 5) is 12.5. The molecule has 0 aliphatic carbocycles. The van der Waals surface area contributed by atoms with Crippen molar-refractivity contribution in [2.75, 3.05) is 6.54 Å². The Morgan fingerprint density at radius 2 is 1.37 bits per heavy atom. The Bertz CT molecular complexity index is 811. The van der Waals surface area contributed by atoms with Crippen molar-refractivity contribution in [1.29, 1.82) is 0 Å². The molecule has 3 nitrogen and oxygen atoms in total. The molecule has 3 N–H and O–H groups in total. The number of nitrogens with two attached hydrogens (primary N) is 1. The Labute approximate surface area is 165 Å². The molecule has 1 atom stereocenters. The van der Waals surface area contributed by atoms with Gasteiger partial charge in [0.25, 0.3) is 5.91 Å². The van der Waals surface area contributed by atoms with Gasteiger partial charge in [0, 0.05) is 16.1 Å². The molecular formula is C23H24ClN2O+. The van der Waals surface area contributed by atoms with E-state index in [1.807, 2.05) is 67.6 Å². The summed E-state index contributed by atoms with van der Waals surface area (Å²) in [5.74, 6) is 0.00862. The number of hydrogen-bond acceptors (Lipinski definition) is 1. The lowest BCUT2D eigenvalue weighted by Crippen LogP contribution is -2.87. The van der Waals surface area contributed by atoms with Gasteiger partial charge in [-0.2, -0.15) is 0 Å². The van der Waals surface area contributed by atoms with Gasteiger partial charge in [-0.3, -0.25) is 4.79 Å². The van der Waals surface area contributed by atoms with E-state index in [0.29, 0.717) is 11.6 Å². The van der Waals surface area contributed by atoms with Crippen LogP contribution in [0.5, 0.6) is 0 Å². The summed E-state index contributed by atoms with van der Waals surface area (Å²) in [6.45, 7) is 2.33. The Morgan fingerprint density at radius 1 is 0.852 bits per heavy atom. The highest BCUT2D eigenvalue weighted by Crippen LogP contribution is 2.18. The van der Waals surface area contributed by atoms with E-state index in [4.69, 9.17) is 11.6 Å². The normalized spacial score (nSPS) is 12.0. The van der Waals surface area contributed by atoms with Crippen molar-refractivity contribution in [3.05, 3.63) is 107 Å². The topological polar surface area (TPSA) is 45.7 Å². The molecule has 0 aliphatic heterocycles. The van der Waals surface area contributed by atoms with E-state index < -0.39 is 0 Å². The summed E-state index contributed by atoms with van der Waals surface area (Å²) in [7, 11) is 0. The average molecular weight is 380 g/mol. The van der Waals surface area contributed by atoms with Gasteiger partial charge in [0.2, 0.25) is 0 Å². The van der Waals surface area contributed by atoms with Crippen molar-refractivity contribution in [3.8, 4) is 0 Å². The first-order chi connectivity index (χ1) is 13.1. The summed E-state index contributed by atoms with van der Waals surface area (Å²) in [6.07, 6.45) is 0. The van der Waals surface area contributed by atoms with Crippen LogP contribution >= 0.6 is 11.6 Å². The van der Waals surface area contributed by atoms with Gasteiger partial charge in [0.1, 0.15) is 6.04 Å². The first kappa shape index (κ1) is 19.2. The third kappa shape index (κ3) is 5.43. The molecule has 27 heavy (non-hydrogen) atoms. The van der Waals surface area contributed by atoms with Gasteiger partial charge < -0.3 is 10.6 Å². The standard InChI is InChI=1S/C23H23ClN2O/c1-17(18-12-14-21(24)15-13-18)26-22(27)16-25-23(19-8-4-2-5-9-19)20-10-6-3-7-11-20/h2-15,17,23,25H,16H2,1H3,(H,26,27)/p+1/t17-/m1/s1. The Balaban J connectivity index is 1.64. The van der Waals surface area contributed by atoms with Crippen molar-refractivity contribution >= 4 is 17.5 Å². The van der Waals surface area contributed by atoms with E-state index in [9.17, 15) is 4.79 Å². The maximum Gasteiger partial charge on any atom is 0.275 e. The van der Waals surface area contributed by atoms with E-state index in [-0.39, 0.29) is 18.0 Å². The van der Waals surface area contributed by atoms with Crippen LogP contribution in [0.25, 0.3) is 0 Å². The van der Waals surface area contributed by atoms with Crippen LogP contribution in [0.15, 0.2) is 84.9 Å². The lowest BCUT2D eigenvalue weighted by Gasteiger charge is -2.18. The van der Waals surface area contributed by atoms with Crippen molar-refractivity contribution in [2.24, 2.45) is 0 Å². The predicted molar refractivity (Wildman–Crippen MR) is 110 cm³/mol. The number of carbonyl (C=O) groups excluding carboxylic acids is 1. The molecule has 3 rings (SSSR count). The van der Waals surface area contributed by atoms with Crippen LogP contribution in [-0.2, 0) is 4.79 Å². The van der Waals surface area contributed by atoms with Gasteiger partial charge in [-0.05, 0) is 24.6 Å². The molecule has 0 spiro atoms. The lowest BCUT2D eigenvalue weighted by atomic mass is 9.99. The van der Waals surface area contributed by atoms with Crippen LogP contribution in [-0.4, -0.2) is 12.5 Å². The van der Waals surface area contributed by atoms with Gasteiger partial charge in [-0.15, -0.1) is 0 Å². The van der Waals surface area contributed by atoms with E-state index in [0.717, 1.165) is 5.56 Å². The minimum atomic E-state index is -0.0601. The molecule has 0 aromatic heterocycles. The third-order valence-corrected chi connectivity index (χ3v) is 4.86. The molecule has 0 bridgehead atoms. The molecule has 0 aliphatic rings. The molecule has 138 valence electrons. The first-order valence-corrected chi connectivity index (χ1v) is 9.49. The van der Waals surface area contributed by atoms with Gasteiger partial charge in [-0.25, -0.2) is 0 Å². The van der Waals surface area contributed by atoms with Crippen LogP contribution in [0.1, 0.15) is 35.7 Å². The fraction of sp³-hybridized carbons (Fsp3) is 0.174. The maximum absolute atomic E-state index is 12.5. The monoisotopic (exact) mass is 379 g/mol. The van der Waals surface area contributed by atoms with Gasteiger partial charge in [0.15, 0.2) is 6.54 Å². The molecule has 0 heterocycles. The van der Waals surface area contributed by atoms with Crippen LogP contribution in [0, 0.1) is 0 Å². The van der Waals surface area contributed by atoms with Crippen LogP contribution < -0.4 is 10.6 Å². The van der Waals surface area contributed by atoms with Gasteiger partial charge in [0.05, 0.1) is 6.04 Å². The van der Waals surface area contributed by atoms with Crippen molar-refractivity contribution in [2.45, 2.75) is 19.0 Å². The van der Waals surface area contributed by atoms with E-state index in [1.165, 1.54) is 11.1 Å². The highest BCUT2D eigenvalue weighted by atomic mass is 35.5. The molecule has 4 heteroatoms. The fourth-order valence-electron chi connectivity index (χ4n) is 3.15. The molecule has 3 aromatic rings. The van der Waals surface area contributed by atoms with Crippen LogP contribution in [0.3, 0.4) is 0 Å². The van der Waals surface area contributed by atoms with Gasteiger partial charge >= 0.3 is 0 Å². The summed E-state index contributed by atoms with van der Waals surface area (Å²) in [5.41, 5.74) is 3.40. The minimum absolute atomic E-state index is 0.00862. The Hall–Kier alpha value is -2.62. The van der Waals surface area contributed by atoms with E-state index in [1.54, 1.807) is 0 Å². The second kappa shape index (κ2) is 9.36. The lowest BCUT2D eigenvalue weighted by molar-refractivity contribution is -0.676. The number of nitrogens with one attached hydrogen (secondary N) is 1. The maximum atomic E-state index is 12.5. The third-order valence-electron chi connectivity index (χ3n) is 4.60. The number of rotatable bonds is 7. The summed E-state index contributed by atoms with van der Waals surface area (Å²) in [5, 5.41) is 5.83. The zero-order valence-corrected chi connectivity index (χ0v) is 16.1. The second-order valence-corrected chi connectivity index (χ2v) is 7.02. The zero-order chi connectivity index (χ0) is 19.1. The Kier molecular flexibility index (Phi) is 6.64. The number of hydrogen-bond donors (Lipinski definition) is 2. The molecule has 0 saturated carbocycles. The molecule has 0 unspecified atom stereocenters. The molecule has 0 saturated heterocycles. The molecule has 0 radical (unpaired) electrons. The number of carbonyl (C=O) groups is 1. The zero-order valence-electron chi connectivity index (χ0n) is 15.3. The predicted octanol–water partition coefficient (Wildman–Crippen LogP) is 3.87. The van der Waals surface area contributed by atoms with E-state index >= 15 is 0 Å². The smallest absolute Gasteiger partial charge is 0.275 e. The summed E-state index contributed by atoms with van der Waals surface area (Å²) in [6, 6.07) is 28.1. The summed E-state index contributed by atoms with van der Waals surface area (Å²) < 4.78 is 0. The second-order valence-electron chi connectivity index (χ2n) is 6.58. The van der Waals surface area contributed by atoms with E-state index in [2.05, 4.69) is 34.9 Å². The van der Waals surface area contributed by atoms with Crippen LogP contribution in [0.2, 0.25) is 5.02 Å². The molecular weight excluding hydrogens is 356 g/mol. The Morgan fingerprint density at radius 3 is 1.89 bits per heavy atom. The largest absolute Gasteiger partial charge is 0.345 e. The summed E-state index contributed by atoms with van der Waals surface area (Å²) >= 11 is 5.93. The average Bonchev–Trinajstić information content (AvgIpc) is 2.70.